The minimum absolute atomic E-state index is 0.446. The van der Waals surface area contributed by atoms with Gasteiger partial charge in [-0.25, -0.2) is 8.42 Å². The maximum atomic E-state index is 11.0. The highest BCUT2D eigenvalue weighted by atomic mass is 32.2. The molecule has 1 fully saturated rings. The van der Waals surface area contributed by atoms with Gasteiger partial charge in [0.15, 0.2) is 21.6 Å². The maximum absolute atomic E-state index is 11.0. The molecule has 0 bridgehead atoms. The van der Waals surface area contributed by atoms with Gasteiger partial charge in [-0.1, -0.05) is 0 Å². The molecule has 0 saturated carbocycles. The Morgan fingerprint density at radius 2 is 2.31 bits per heavy atom. The lowest BCUT2D eigenvalue weighted by molar-refractivity contribution is -0.159. The molecule has 0 amide bonds. The van der Waals surface area contributed by atoms with E-state index in [0.717, 1.165) is 12.8 Å². The fourth-order valence-electron chi connectivity index (χ4n) is 0.943. The molecule has 1 aliphatic heterocycles. The zero-order valence-corrected chi connectivity index (χ0v) is 8.63. The molecule has 2 atom stereocenters. The van der Waals surface area contributed by atoms with E-state index in [1.54, 1.807) is 0 Å². The minimum atomic E-state index is -3.13. The van der Waals surface area contributed by atoms with Crippen molar-refractivity contribution in [3.8, 4) is 0 Å². The average molecular weight is 209 g/mol. The second-order valence-corrected chi connectivity index (χ2v) is 5.36. The van der Waals surface area contributed by atoms with Crippen LogP contribution >= 0.6 is 0 Å². The van der Waals surface area contributed by atoms with Crippen LogP contribution in [0.15, 0.2) is 0 Å². The van der Waals surface area contributed by atoms with E-state index in [2.05, 4.69) is 5.32 Å². The summed E-state index contributed by atoms with van der Waals surface area (Å²) in [7, 11) is -3.13. The number of sulfone groups is 1. The van der Waals surface area contributed by atoms with Gasteiger partial charge in [-0.3, -0.25) is 0 Å². The van der Waals surface area contributed by atoms with Gasteiger partial charge in [-0.15, -0.1) is 0 Å². The van der Waals surface area contributed by atoms with Crippen molar-refractivity contribution in [2.45, 2.75) is 18.6 Å². The van der Waals surface area contributed by atoms with Crippen LogP contribution in [0.2, 0.25) is 0 Å². The number of hydrogen-bond acceptors (Lipinski definition) is 5. The van der Waals surface area contributed by atoms with Crippen molar-refractivity contribution in [1.29, 1.82) is 0 Å². The molecule has 1 aliphatic rings. The van der Waals surface area contributed by atoms with Crippen molar-refractivity contribution < 1.29 is 17.9 Å². The Morgan fingerprint density at radius 3 is 2.77 bits per heavy atom. The zero-order valence-electron chi connectivity index (χ0n) is 7.82. The predicted octanol–water partition coefficient (Wildman–Crippen LogP) is -0.660. The topological polar surface area (TPSA) is 64.6 Å². The van der Waals surface area contributed by atoms with Gasteiger partial charge in [0.25, 0.3) is 0 Å². The van der Waals surface area contributed by atoms with E-state index < -0.39 is 21.6 Å². The van der Waals surface area contributed by atoms with Gasteiger partial charge in [0.1, 0.15) is 0 Å². The SMILES string of the molecule is CC(OC1CNCCO1)S(C)(=O)=O. The lowest BCUT2D eigenvalue weighted by atomic mass is 10.5. The van der Waals surface area contributed by atoms with Crippen LogP contribution in [0.4, 0.5) is 0 Å². The van der Waals surface area contributed by atoms with Crippen molar-refractivity contribution in [1.82, 2.24) is 5.32 Å². The summed E-state index contributed by atoms with van der Waals surface area (Å²) in [5, 5.41) is 3.05. The van der Waals surface area contributed by atoms with Crippen LogP contribution in [-0.2, 0) is 19.3 Å². The first-order valence-corrected chi connectivity index (χ1v) is 6.12. The number of rotatable bonds is 3. The molecule has 0 spiro atoms. The molecule has 1 rings (SSSR count). The lowest BCUT2D eigenvalue weighted by Gasteiger charge is -2.25. The Morgan fingerprint density at radius 1 is 1.62 bits per heavy atom. The Kier molecular flexibility index (Phi) is 3.66. The summed E-state index contributed by atoms with van der Waals surface area (Å²) in [5.41, 5.74) is -0.808. The van der Waals surface area contributed by atoms with Crippen LogP contribution in [0.1, 0.15) is 6.92 Å². The summed E-state index contributed by atoms with van der Waals surface area (Å²) in [6.07, 6.45) is 0.701. The Balaban J connectivity index is 2.39. The Labute approximate surface area is 78.3 Å². The number of morpholine rings is 1. The molecular formula is C7H15NO4S. The molecule has 5 nitrogen and oxygen atoms in total. The third-order valence-electron chi connectivity index (χ3n) is 1.84. The normalized spacial score (nSPS) is 27.1. The van der Waals surface area contributed by atoms with E-state index in [0.29, 0.717) is 13.2 Å². The molecule has 0 aromatic rings. The van der Waals surface area contributed by atoms with E-state index >= 15 is 0 Å². The Bertz CT molecular complexity index is 245. The van der Waals surface area contributed by atoms with Gasteiger partial charge in [0.05, 0.1) is 6.61 Å². The van der Waals surface area contributed by atoms with Crippen LogP contribution in [0.3, 0.4) is 0 Å². The average Bonchev–Trinajstić information content (AvgIpc) is 2.04. The van der Waals surface area contributed by atoms with Gasteiger partial charge in [-0.2, -0.15) is 0 Å². The summed E-state index contributed by atoms with van der Waals surface area (Å²) in [4.78, 5) is 0. The largest absolute Gasteiger partial charge is 0.350 e. The van der Waals surface area contributed by atoms with Gasteiger partial charge in [0, 0.05) is 19.3 Å². The van der Waals surface area contributed by atoms with E-state index in [4.69, 9.17) is 9.47 Å². The molecule has 0 aliphatic carbocycles. The van der Waals surface area contributed by atoms with Crippen LogP contribution in [0.25, 0.3) is 0 Å². The quantitative estimate of drug-likeness (QED) is 0.668. The molecule has 1 heterocycles. The second kappa shape index (κ2) is 4.36. The van der Waals surface area contributed by atoms with Crippen LogP contribution in [0.5, 0.6) is 0 Å². The second-order valence-electron chi connectivity index (χ2n) is 3.04. The highest BCUT2D eigenvalue weighted by Crippen LogP contribution is 2.06. The standard InChI is InChI=1S/C7H15NO4S/c1-6(13(2,9)10)12-7-5-8-3-4-11-7/h6-8H,3-5H2,1-2H3. The highest BCUT2D eigenvalue weighted by Gasteiger charge is 2.22. The van der Waals surface area contributed by atoms with Gasteiger partial charge >= 0.3 is 0 Å². The van der Waals surface area contributed by atoms with Crippen LogP contribution in [0, 0.1) is 0 Å². The smallest absolute Gasteiger partial charge is 0.174 e. The Hall–Kier alpha value is -0.170. The molecule has 0 radical (unpaired) electrons. The van der Waals surface area contributed by atoms with Crippen LogP contribution in [-0.4, -0.2) is 46.1 Å². The molecule has 0 aromatic carbocycles. The maximum Gasteiger partial charge on any atom is 0.174 e. The third-order valence-corrected chi connectivity index (χ3v) is 3.16. The molecule has 1 N–H and O–H groups in total. The summed E-state index contributed by atoms with van der Waals surface area (Å²) in [6, 6.07) is 0. The molecule has 13 heavy (non-hydrogen) atoms. The molecule has 1 saturated heterocycles. The highest BCUT2D eigenvalue weighted by molar-refractivity contribution is 7.91. The summed E-state index contributed by atoms with van der Waals surface area (Å²) >= 11 is 0. The monoisotopic (exact) mass is 209 g/mol. The van der Waals surface area contributed by atoms with E-state index in [9.17, 15) is 8.42 Å². The molecule has 78 valence electrons. The molecule has 6 heteroatoms. The summed E-state index contributed by atoms with van der Waals surface area (Å²) < 4.78 is 32.4. The van der Waals surface area contributed by atoms with E-state index in [-0.39, 0.29) is 0 Å². The van der Waals surface area contributed by atoms with Gasteiger partial charge in [0.2, 0.25) is 0 Å². The number of nitrogens with one attached hydrogen (secondary N) is 1. The first kappa shape index (κ1) is 10.9. The predicted molar refractivity (Wildman–Crippen MR) is 48.0 cm³/mol. The van der Waals surface area contributed by atoms with E-state index in [1.165, 1.54) is 6.92 Å². The molecule has 2 unspecified atom stereocenters. The van der Waals surface area contributed by atoms with Crippen molar-refractivity contribution >= 4 is 9.84 Å². The van der Waals surface area contributed by atoms with Crippen molar-refractivity contribution in [3.05, 3.63) is 0 Å². The molecule has 0 aromatic heterocycles. The van der Waals surface area contributed by atoms with Crippen molar-refractivity contribution in [2.24, 2.45) is 0 Å². The zero-order chi connectivity index (χ0) is 9.90. The first-order chi connectivity index (χ1) is 6.00. The number of ether oxygens (including phenoxy) is 2. The van der Waals surface area contributed by atoms with Crippen molar-refractivity contribution in [3.63, 3.8) is 0 Å². The first-order valence-electron chi connectivity index (χ1n) is 4.17. The fourth-order valence-corrected chi connectivity index (χ4v) is 1.27. The fraction of sp³-hybridized carbons (Fsp3) is 1.00. The van der Waals surface area contributed by atoms with Crippen molar-refractivity contribution in [2.75, 3.05) is 26.0 Å². The summed E-state index contributed by atoms with van der Waals surface area (Å²) in [5.74, 6) is 0. The minimum Gasteiger partial charge on any atom is -0.350 e. The third kappa shape index (κ3) is 3.60. The van der Waals surface area contributed by atoms with Gasteiger partial charge in [-0.05, 0) is 6.92 Å². The van der Waals surface area contributed by atoms with Crippen LogP contribution < -0.4 is 5.32 Å². The van der Waals surface area contributed by atoms with Gasteiger partial charge < -0.3 is 14.8 Å². The van der Waals surface area contributed by atoms with E-state index in [1.807, 2.05) is 0 Å². The number of hydrogen-bond donors (Lipinski definition) is 1. The lowest BCUT2D eigenvalue weighted by Crippen LogP contribution is -2.42. The summed E-state index contributed by atoms with van der Waals surface area (Å²) in [6.45, 7) is 3.39. The molecular weight excluding hydrogens is 194 g/mol.